The Bertz CT molecular complexity index is 951. The number of ether oxygens (including phenoxy) is 2. The van der Waals surface area contributed by atoms with Gasteiger partial charge in [-0.1, -0.05) is 12.1 Å². The number of rotatable bonds is 5. The van der Waals surface area contributed by atoms with Gasteiger partial charge in [-0.2, -0.15) is 0 Å². The van der Waals surface area contributed by atoms with Gasteiger partial charge < -0.3 is 14.8 Å². The van der Waals surface area contributed by atoms with Crippen LogP contribution in [0.4, 0.5) is 5.69 Å². The Morgan fingerprint density at radius 3 is 2.37 bits per heavy atom. The standard InChI is InChI=1S/C21H18N2O4/c1-14-7-8-15(13-22-14)21(25)27-17-11-9-16(10-12-17)23-20(24)18-5-3-4-6-19(18)26-2/h3-13H,1-2H3,(H,23,24). The Morgan fingerprint density at radius 1 is 0.963 bits per heavy atom. The van der Waals surface area contributed by atoms with Crippen molar-refractivity contribution in [3.8, 4) is 11.5 Å². The van der Waals surface area contributed by atoms with E-state index < -0.39 is 5.97 Å². The quantitative estimate of drug-likeness (QED) is 0.551. The Balaban J connectivity index is 1.65. The molecule has 1 N–H and O–H groups in total. The van der Waals surface area contributed by atoms with Gasteiger partial charge in [0.15, 0.2) is 0 Å². The minimum Gasteiger partial charge on any atom is -0.496 e. The number of esters is 1. The van der Waals surface area contributed by atoms with Crippen molar-refractivity contribution in [1.82, 2.24) is 4.98 Å². The van der Waals surface area contributed by atoms with Crippen LogP contribution in [0.2, 0.25) is 0 Å². The second kappa shape index (κ2) is 8.14. The van der Waals surface area contributed by atoms with E-state index in [9.17, 15) is 9.59 Å². The first-order valence-corrected chi connectivity index (χ1v) is 8.26. The number of carbonyl (C=O) groups excluding carboxylic acids is 2. The molecule has 0 saturated heterocycles. The number of nitrogens with zero attached hydrogens (tertiary/aromatic N) is 1. The van der Waals surface area contributed by atoms with E-state index in [1.807, 2.05) is 6.92 Å². The molecular weight excluding hydrogens is 344 g/mol. The molecule has 1 aromatic heterocycles. The minimum atomic E-state index is -0.492. The lowest BCUT2D eigenvalue weighted by atomic mass is 10.2. The molecule has 0 unspecified atom stereocenters. The number of hydrogen-bond acceptors (Lipinski definition) is 5. The highest BCUT2D eigenvalue weighted by molar-refractivity contribution is 6.06. The zero-order valence-electron chi connectivity index (χ0n) is 14.9. The largest absolute Gasteiger partial charge is 0.496 e. The van der Waals surface area contributed by atoms with Crippen molar-refractivity contribution in [2.75, 3.05) is 12.4 Å². The third-order valence-corrected chi connectivity index (χ3v) is 3.82. The molecular formula is C21H18N2O4. The minimum absolute atomic E-state index is 0.289. The number of methoxy groups -OCH3 is 1. The molecule has 0 radical (unpaired) electrons. The predicted octanol–water partition coefficient (Wildman–Crippen LogP) is 3.87. The van der Waals surface area contributed by atoms with E-state index in [0.29, 0.717) is 28.3 Å². The van der Waals surface area contributed by atoms with E-state index in [4.69, 9.17) is 9.47 Å². The lowest BCUT2D eigenvalue weighted by Crippen LogP contribution is -2.13. The Labute approximate surface area is 156 Å². The second-order valence-electron chi connectivity index (χ2n) is 5.76. The number of anilines is 1. The molecule has 0 aliphatic carbocycles. The topological polar surface area (TPSA) is 77.5 Å². The number of para-hydroxylation sites is 1. The van der Waals surface area contributed by atoms with Crippen LogP contribution in [-0.2, 0) is 0 Å². The van der Waals surface area contributed by atoms with Crippen molar-refractivity contribution in [3.63, 3.8) is 0 Å². The third kappa shape index (κ3) is 4.49. The number of amides is 1. The van der Waals surface area contributed by atoms with Gasteiger partial charge in [-0.15, -0.1) is 0 Å². The molecule has 0 fully saturated rings. The summed E-state index contributed by atoms with van der Waals surface area (Å²) in [6.45, 7) is 1.84. The first kappa shape index (κ1) is 18.1. The zero-order valence-corrected chi connectivity index (χ0v) is 14.9. The van der Waals surface area contributed by atoms with Gasteiger partial charge in [-0.25, -0.2) is 4.79 Å². The number of aromatic nitrogens is 1. The van der Waals surface area contributed by atoms with Gasteiger partial charge in [0.2, 0.25) is 0 Å². The Morgan fingerprint density at radius 2 is 1.70 bits per heavy atom. The highest BCUT2D eigenvalue weighted by atomic mass is 16.5. The van der Waals surface area contributed by atoms with Gasteiger partial charge in [-0.3, -0.25) is 9.78 Å². The molecule has 1 amide bonds. The van der Waals surface area contributed by atoms with Crippen molar-refractivity contribution in [3.05, 3.63) is 83.7 Å². The summed E-state index contributed by atoms with van der Waals surface area (Å²) in [6.07, 6.45) is 1.47. The maximum absolute atomic E-state index is 12.4. The highest BCUT2D eigenvalue weighted by Crippen LogP contribution is 2.21. The fourth-order valence-corrected chi connectivity index (χ4v) is 2.39. The first-order valence-electron chi connectivity index (χ1n) is 8.26. The molecule has 0 saturated carbocycles. The lowest BCUT2D eigenvalue weighted by Gasteiger charge is -2.10. The molecule has 3 rings (SSSR count). The molecule has 0 aliphatic heterocycles. The molecule has 6 nitrogen and oxygen atoms in total. The summed E-state index contributed by atoms with van der Waals surface area (Å²) in [5.41, 5.74) is 2.20. The van der Waals surface area contributed by atoms with Crippen LogP contribution in [0.3, 0.4) is 0 Å². The number of pyridine rings is 1. The summed E-state index contributed by atoms with van der Waals surface area (Å²) < 4.78 is 10.5. The summed E-state index contributed by atoms with van der Waals surface area (Å²) in [7, 11) is 1.51. The molecule has 27 heavy (non-hydrogen) atoms. The lowest BCUT2D eigenvalue weighted by molar-refractivity contribution is 0.0734. The van der Waals surface area contributed by atoms with E-state index in [-0.39, 0.29) is 5.91 Å². The highest BCUT2D eigenvalue weighted by Gasteiger charge is 2.12. The maximum Gasteiger partial charge on any atom is 0.345 e. The summed E-state index contributed by atoms with van der Waals surface area (Å²) in [4.78, 5) is 28.6. The van der Waals surface area contributed by atoms with Crippen molar-refractivity contribution in [1.29, 1.82) is 0 Å². The van der Waals surface area contributed by atoms with E-state index in [2.05, 4.69) is 10.3 Å². The Kier molecular flexibility index (Phi) is 5.47. The smallest absolute Gasteiger partial charge is 0.345 e. The molecule has 2 aromatic carbocycles. The summed E-state index contributed by atoms with van der Waals surface area (Å²) in [5, 5.41) is 2.78. The molecule has 3 aromatic rings. The maximum atomic E-state index is 12.4. The van der Waals surface area contributed by atoms with Crippen LogP contribution < -0.4 is 14.8 Å². The van der Waals surface area contributed by atoms with Crippen molar-refractivity contribution < 1.29 is 19.1 Å². The number of nitrogens with one attached hydrogen (secondary N) is 1. The number of aryl methyl sites for hydroxylation is 1. The predicted molar refractivity (Wildman–Crippen MR) is 101 cm³/mol. The average Bonchev–Trinajstić information content (AvgIpc) is 2.69. The van der Waals surface area contributed by atoms with Gasteiger partial charge in [0.1, 0.15) is 11.5 Å². The van der Waals surface area contributed by atoms with E-state index in [0.717, 1.165) is 5.69 Å². The summed E-state index contributed by atoms with van der Waals surface area (Å²) in [6, 6.07) is 16.9. The van der Waals surface area contributed by atoms with Crippen molar-refractivity contribution in [2.45, 2.75) is 6.92 Å². The van der Waals surface area contributed by atoms with E-state index in [1.54, 1.807) is 60.7 Å². The normalized spacial score (nSPS) is 10.1. The van der Waals surface area contributed by atoms with Gasteiger partial charge >= 0.3 is 5.97 Å². The number of hydrogen-bond donors (Lipinski definition) is 1. The fourth-order valence-electron chi connectivity index (χ4n) is 2.39. The van der Waals surface area contributed by atoms with Crippen LogP contribution in [0.15, 0.2) is 66.9 Å². The molecule has 6 heteroatoms. The van der Waals surface area contributed by atoms with Crippen LogP contribution >= 0.6 is 0 Å². The van der Waals surface area contributed by atoms with Gasteiger partial charge in [0, 0.05) is 17.6 Å². The Hall–Kier alpha value is -3.67. The molecule has 0 aliphatic rings. The first-order chi connectivity index (χ1) is 13.1. The second-order valence-corrected chi connectivity index (χ2v) is 5.76. The molecule has 0 bridgehead atoms. The van der Waals surface area contributed by atoms with Crippen LogP contribution in [0.5, 0.6) is 11.5 Å². The van der Waals surface area contributed by atoms with Crippen LogP contribution in [0.25, 0.3) is 0 Å². The van der Waals surface area contributed by atoms with E-state index >= 15 is 0 Å². The van der Waals surface area contributed by atoms with E-state index in [1.165, 1.54) is 13.3 Å². The molecule has 0 atom stereocenters. The summed E-state index contributed by atoms with van der Waals surface area (Å²) in [5.74, 6) is 0.0827. The molecule has 0 spiro atoms. The van der Waals surface area contributed by atoms with Crippen LogP contribution in [0, 0.1) is 6.92 Å². The van der Waals surface area contributed by atoms with Crippen LogP contribution in [0.1, 0.15) is 26.4 Å². The zero-order chi connectivity index (χ0) is 19.2. The number of benzene rings is 2. The SMILES string of the molecule is COc1ccccc1C(=O)Nc1ccc(OC(=O)c2ccc(C)nc2)cc1. The third-order valence-electron chi connectivity index (χ3n) is 3.82. The van der Waals surface area contributed by atoms with Gasteiger partial charge in [0.25, 0.3) is 5.91 Å². The van der Waals surface area contributed by atoms with Crippen molar-refractivity contribution >= 4 is 17.6 Å². The monoisotopic (exact) mass is 362 g/mol. The summed E-state index contributed by atoms with van der Waals surface area (Å²) >= 11 is 0. The molecule has 1 heterocycles. The van der Waals surface area contributed by atoms with Gasteiger partial charge in [0.05, 0.1) is 18.2 Å². The van der Waals surface area contributed by atoms with Gasteiger partial charge in [-0.05, 0) is 55.5 Å². The number of carbonyl (C=O) groups is 2. The van der Waals surface area contributed by atoms with Crippen molar-refractivity contribution in [2.24, 2.45) is 0 Å². The fraction of sp³-hybridized carbons (Fsp3) is 0.0952. The van der Waals surface area contributed by atoms with Crippen LogP contribution in [-0.4, -0.2) is 24.0 Å². The average molecular weight is 362 g/mol. The molecule has 136 valence electrons.